The molecule has 1 aliphatic carbocycles. The van der Waals surface area contributed by atoms with Gasteiger partial charge in [-0.1, -0.05) is 42.1 Å². The van der Waals surface area contributed by atoms with Gasteiger partial charge in [-0.2, -0.15) is 4.98 Å². The summed E-state index contributed by atoms with van der Waals surface area (Å²) in [7, 11) is 0. The van der Waals surface area contributed by atoms with E-state index in [1.165, 1.54) is 19.3 Å². The maximum absolute atomic E-state index is 12.1. The molecule has 1 amide bonds. The average molecular weight is 342 g/mol. The van der Waals surface area contributed by atoms with Gasteiger partial charge in [-0.25, -0.2) is 0 Å². The van der Waals surface area contributed by atoms with Crippen LogP contribution in [-0.4, -0.2) is 22.6 Å². The van der Waals surface area contributed by atoms with Crippen LogP contribution in [0.5, 0.6) is 0 Å². The van der Waals surface area contributed by atoms with Crippen LogP contribution in [0.1, 0.15) is 49.4 Å². The number of carbonyl (C=O) groups excluding carboxylic acids is 1. The van der Waals surface area contributed by atoms with Gasteiger partial charge in [-0.3, -0.25) is 4.79 Å². The quantitative estimate of drug-likeness (QED) is 0.841. The van der Waals surface area contributed by atoms with Crippen molar-refractivity contribution in [2.75, 3.05) is 11.9 Å². The molecule has 0 unspecified atom stereocenters. The summed E-state index contributed by atoms with van der Waals surface area (Å²) in [4.78, 5) is 16.5. The van der Waals surface area contributed by atoms with Crippen LogP contribution in [0.15, 0.2) is 28.8 Å². The number of nitrogens with two attached hydrogens (primary N) is 1. The minimum atomic E-state index is -0.151. The fourth-order valence-corrected chi connectivity index (χ4v) is 3.50. The van der Waals surface area contributed by atoms with Crippen molar-refractivity contribution in [3.05, 3.63) is 41.5 Å². The molecule has 1 heterocycles. The van der Waals surface area contributed by atoms with Crippen LogP contribution >= 0.6 is 0 Å². The molecule has 2 aromatic rings. The molecule has 134 valence electrons. The lowest BCUT2D eigenvalue weighted by atomic mass is 9.72. The van der Waals surface area contributed by atoms with Gasteiger partial charge in [0.25, 0.3) is 0 Å². The molecule has 1 saturated carbocycles. The molecular weight excluding hydrogens is 316 g/mol. The van der Waals surface area contributed by atoms with Crippen molar-refractivity contribution >= 4 is 11.6 Å². The third-order valence-electron chi connectivity index (χ3n) is 5.04. The Bertz CT molecular complexity index is 702. The first-order valence-corrected chi connectivity index (χ1v) is 8.97. The highest BCUT2D eigenvalue weighted by Gasteiger charge is 2.33. The second kappa shape index (κ2) is 7.78. The standard InChI is InChI=1S/C19H26N4O2/c1-14-5-7-15(8-6-14)21-17(24)11-16-22-18(25-23-16)12-19(13-20)9-3-2-4-10-19/h5-8H,2-4,9-13,20H2,1H3,(H,21,24). The van der Waals surface area contributed by atoms with E-state index < -0.39 is 0 Å². The molecular formula is C19H26N4O2. The largest absolute Gasteiger partial charge is 0.339 e. The Hall–Kier alpha value is -2.21. The number of nitrogens with zero attached hydrogens (tertiary/aromatic N) is 2. The lowest BCUT2D eigenvalue weighted by Gasteiger charge is -2.34. The molecule has 0 atom stereocenters. The molecule has 25 heavy (non-hydrogen) atoms. The van der Waals surface area contributed by atoms with Crippen LogP contribution in [0.4, 0.5) is 5.69 Å². The summed E-state index contributed by atoms with van der Waals surface area (Å²) in [5.74, 6) is 0.857. The Morgan fingerprint density at radius 2 is 1.96 bits per heavy atom. The zero-order valence-electron chi connectivity index (χ0n) is 14.8. The van der Waals surface area contributed by atoms with E-state index in [4.69, 9.17) is 10.3 Å². The molecule has 3 N–H and O–H groups in total. The fraction of sp³-hybridized carbons (Fsp3) is 0.526. The molecule has 6 heteroatoms. The molecule has 1 aromatic heterocycles. The van der Waals surface area contributed by atoms with Gasteiger partial charge in [0.15, 0.2) is 5.82 Å². The Morgan fingerprint density at radius 3 is 2.64 bits per heavy atom. The smallest absolute Gasteiger partial charge is 0.232 e. The van der Waals surface area contributed by atoms with Gasteiger partial charge in [-0.15, -0.1) is 0 Å². The van der Waals surface area contributed by atoms with Crippen molar-refractivity contribution < 1.29 is 9.32 Å². The Balaban J connectivity index is 1.57. The highest BCUT2D eigenvalue weighted by molar-refractivity contribution is 5.91. The lowest BCUT2D eigenvalue weighted by molar-refractivity contribution is -0.115. The summed E-state index contributed by atoms with van der Waals surface area (Å²) in [6.45, 7) is 2.64. The highest BCUT2D eigenvalue weighted by Crippen LogP contribution is 2.37. The molecule has 0 radical (unpaired) electrons. The third-order valence-corrected chi connectivity index (χ3v) is 5.04. The van der Waals surface area contributed by atoms with Gasteiger partial charge in [-0.05, 0) is 43.9 Å². The molecule has 0 aliphatic heterocycles. The van der Waals surface area contributed by atoms with Crippen LogP contribution in [0.25, 0.3) is 0 Å². The van der Waals surface area contributed by atoms with E-state index in [1.807, 2.05) is 31.2 Å². The Labute approximate surface area is 148 Å². The van der Waals surface area contributed by atoms with Crippen molar-refractivity contribution in [1.82, 2.24) is 10.1 Å². The summed E-state index contributed by atoms with van der Waals surface area (Å²) >= 11 is 0. The van der Waals surface area contributed by atoms with Gasteiger partial charge in [0, 0.05) is 12.1 Å². The van der Waals surface area contributed by atoms with Gasteiger partial charge in [0.05, 0.1) is 6.42 Å². The predicted molar refractivity (Wildman–Crippen MR) is 96.1 cm³/mol. The van der Waals surface area contributed by atoms with Crippen molar-refractivity contribution in [3.63, 3.8) is 0 Å². The summed E-state index contributed by atoms with van der Waals surface area (Å²) in [6.07, 6.45) is 6.71. The minimum Gasteiger partial charge on any atom is -0.339 e. The normalized spacial score (nSPS) is 16.6. The highest BCUT2D eigenvalue weighted by atomic mass is 16.5. The zero-order valence-corrected chi connectivity index (χ0v) is 14.8. The molecule has 0 saturated heterocycles. The molecule has 6 nitrogen and oxygen atoms in total. The van der Waals surface area contributed by atoms with Gasteiger partial charge in [0.1, 0.15) is 0 Å². The number of aryl methyl sites for hydroxylation is 1. The molecule has 1 aromatic carbocycles. The number of carbonyl (C=O) groups is 1. The fourth-order valence-electron chi connectivity index (χ4n) is 3.50. The summed E-state index contributed by atoms with van der Waals surface area (Å²) in [5, 5.41) is 6.80. The molecule has 0 spiro atoms. The molecule has 1 aliphatic rings. The first-order chi connectivity index (χ1) is 12.1. The molecule has 1 fully saturated rings. The number of amides is 1. The predicted octanol–water partition coefficient (Wildman–Crippen LogP) is 3.01. The SMILES string of the molecule is Cc1ccc(NC(=O)Cc2noc(CC3(CN)CCCCC3)n2)cc1. The first kappa shape index (κ1) is 17.6. The number of aromatic nitrogens is 2. The van der Waals surface area contributed by atoms with Crippen LogP contribution in [0.2, 0.25) is 0 Å². The number of anilines is 1. The zero-order chi connectivity index (χ0) is 17.7. The third kappa shape index (κ3) is 4.66. The van der Waals surface area contributed by atoms with Crippen molar-refractivity contribution in [2.24, 2.45) is 11.1 Å². The lowest BCUT2D eigenvalue weighted by Crippen LogP contribution is -2.35. The summed E-state index contributed by atoms with van der Waals surface area (Å²) in [5.41, 5.74) is 8.01. The molecule has 3 rings (SSSR count). The van der Waals surface area contributed by atoms with E-state index in [2.05, 4.69) is 15.5 Å². The maximum Gasteiger partial charge on any atom is 0.232 e. The van der Waals surface area contributed by atoms with Crippen LogP contribution in [0.3, 0.4) is 0 Å². The van der Waals surface area contributed by atoms with E-state index in [-0.39, 0.29) is 17.7 Å². The number of rotatable bonds is 6. The second-order valence-corrected chi connectivity index (χ2v) is 7.14. The van der Waals surface area contributed by atoms with Gasteiger partial charge < -0.3 is 15.6 Å². The number of nitrogens with one attached hydrogen (secondary N) is 1. The van der Waals surface area contributed by atoms with Crippen molar-refractivity contribution in [2.45, 2.75) is 51.9 Å². The van der Waals surface area contributed by atoms with Crippen LogP contribution < -0.4 is 11.1 Å². The Morgan fingerprint density at radius 1 is 1.24 bits per heavy atom. The first-order valence-electron chi connectivity index (χ1n) is 8.97. The van der Waals surface area contributed by atoms with E-state index in [0.29, 0.717) is 24.7 Å². The topological polar surface area (TPSA) is 94.0 Å². The monoisotopic (exact) mass is 342 g/mol. The average Bonchev–Trinajstić information content (AvgIpc) is 3.04. The van der Waals surface area contributed by atoms with E-state index in [0.717, 1.165) is 24.1 Å². The minimum absolute atomic E-state index is 0.0756. The summed E-state index contributed by atoms with van der Waals surface area (Å²) < 4.78 is 5.36. The maximum atomic E-state index is 12.1. The van der Waals surface area contributed by atoms with Crippen LogP contribution in [-0.2, 0) is 17.6 Å². The second-order valence-electron chi connectivity index (χ2n) is 7.14. The van der Waals surface area contributed by atoms with E-state index >= 15 is 0 Å². The van der Waals surface area contributed by atoms with E-state index in [1.54, 1.807) is 0 Å². The summed E-state index contributed by atoms with van der Waals surface area (Å²) in [6, 6.07) is 7.67. The Kier molecular flexibility index (Phi) is 5.48. The van der Waals surface area contributed by atoms with Crippen LogP contribution in [0, 0.1) is 12.3 Å². The number of hydrogen-bond donors (Lipinski definition) is 2. The van der Waals surface area contributed by atoms with Crippen molar-refractivity contribution in [3.8, 4) is 0 Å². The van der Waals surface area contributed by atoms with E-state index in [9.17, 15) is 4.79 Å². The molecule has 0 bridgehead atoms. The van der Waals surface area contributed by atoms with Crippen molar-refractivity contribution in [1.29, 1.82) is 0 Å². The number of benzene rings is 1. The van der Waals surface area contributed by atoms with Gasteiger partial charge in [0.2, 0.25) is 11.8 Å². The van der Waals surface area contributed by atoms with Gasteiger partial charge >= 0.3 is 0 Å². The number of hydrogen-bond acceptors (Lipinski definition) is 5.